The van der Waals surface area contributed by atoms with Gasteiger partial charge in [-0.05, 0) is 58.7 Å². The van der Waals surface area contributed by atoms with Crippen LogP contribution in [0.1, 0.15) is 16.7 Å². The van der Waals surface area contributed by atoms with Crippen LogP contribution in [-0.4, -0.2) is 6.09 Å². The predicted molar refractivity (Wildman–Crippen MR) is 136 cm³/mol. The Morgan fingerprint density at radius 1 is 0.857 bits per heavy atom. The number of carbonyl (C=O) groups excluding carboxylic acids is 1. The minimum Gasteiger partial charge on any atom is -0.489 e. The van der Waals surface area contributed by atoms with Gasteiger partial charge in [-0.3, -0.25) is 5.32 Å². The highest BCUT2D eigenvalue weighted by atomic mass is 16.5. The van der Waals surface area contributed by atoms with E-state index in [1.54, 1.807) is 18.2 Å². The first-order valence-electron chi connectivity index (χ1n) is 11.2. The molecule has 0 radical (unpaired) electrons. The summed E-state index contributed by atoms with van der Waals surface area (Å²) >= 11 is 0. The second-order valence-electron chi connectivity index (χ2n) is 8.23. The van der Waals surface area contributed by atoms with Crippen LogP contribution in [0.3, 0.4) is 0 Å². The second kappa shape index (κ2) is 9.73. The van der Waals surface area contributed by atoms with E-state index in [-0.39, 0.29) is 12.2 Å². The molecule has 5 aromatic rings. The van der Waals surface area contributed by atoms with E-state index < -0.39 is 6.09 Å². The van der Waals surface area contributed by atoms with E-state index in [1.165, 1.54) is 6.07 Å². The average Bonchev–Trinajstić information content (AvgIpc) is 2.86. The number of aryl methyl sites for hydroxylation is 1. The lowest BCUT2D eigenvalue weighted by molar-refractivity contribution is 0.155. The minimum atomic E-state index is -0.519. The zero-order chi connectivity index (χ0) is 24.2. The molecule has 0 aliphatic carbocycles. The maximum Gasteiger partial charge on any atom is 0.411 e. The molecule has 6 heteroatoms. The van der Waals surface area contributed by atoms with Crippen molar-refractivity contribution < 1.29 is 18.7 Å². The van der Waals surface area contributed by atoms with Crippen molar-refractivity contribution in [3.8, 4) is 5.75 Å². The third-order valence-corrected chi connectivity index (χ3v) is 5.77. The second-order valence-corrected chi connectivity index (χ2v) is 8.23. The van der Waals surface area contributed by atoms with Crippen LogP contribution in [0.2, 0.25) is 0 Å². The predicted octanol–water partition coefficient (Wildman–Crippen LogP) is 6.58. The summed E-state index contributed by atoms with van der Waals surface area (Å²) in [5.74, 6) is 0.602. The fraction of sp³-hybridized carbons (Fsp3) is 0.103. The number of anilines is 1. The number of amides is 1. The molecule has 6 nitrogen and oxygen atoms in total. The number of hydrogen-bond donors (Lipinski definition) is 1. The van der Waals surface area contributed by atoms with E-state index >= 15 is 0 Å². The average molecular weight is 466 g/mol. The van der Waals surface area contributed by atoms with Gasteiger partial charge in [0.25, 0.3) is 0 Å². The van der Waals surface area contributed by atoms with Crippen molar-refractivity contribution in [2.24, 2.45) is 0 Å². The highest BCUT2D eigenvalue weighted by Crippen LogP contribution is 2.23. The quantitative estimate of drug-likeness (QED) is 0.287. The molecule has 0 bridgehead atoms. The van der Waals surface area contributed by atoms with Crippen molar-refractivity contribution in [3.63, 3.8) is 0 Å². The summed E-state index contributed by atoms with van der Waals surface area (Å²) < 4.78 is 16.5. The lowest BCUT2D eigenvalue weighted by atomic mass is 10.1. The number of nitrogens with one attached hydrogen (secondary N) is 1. The van der Waals surface area contributed by atoms with Gasteiger partial charge in [-0.1, -0.05) is 54.6 Å². The molecule has 174 valence electrons. The van der Waals surface area contributed by atoms with Gasteiger partial charge in [-0.15, -0.1) is 0 Å². The maximum absolute atomic E-state index is 12.3. The molecule has 35 heavy (non-hydrogen) atoms. The van der Waals surface area contributed by atoms with Gasteiger partial charge < -0.3 is 13.9 Å². The molecular formula is C29H23NO5. The SMILES string of the molecule is Cc1cc(=O)oc2cc(OCc3ccc(NC(=O)OCc4cccc5ccccc45)cc3)ccc12. The minimum absolute atomic E-state index is 0.185. The van der Waals surface area contributed by atoms with Crippen LogP contribution in [0.5, 0.6) is 5.75 Å². The van der Waals surface area contributed by atoms with Gasteiger partial charge in [0.15, 0.2) is 0 Å². The molecule has 0 aliphatic rings. The Kier molecular flexibility index (Phi) is 6.18. The third-order valence-electron chi connectivity index (χ3n) is 5.77. The van der Waals surface area contributed by atoms with Crippen molar-refractivity contribution in [2.75, 3.05) is 5.32 Å². The first kappa shape index (κ1) is 22.2. The summed E-state index contributed by atoms with van der Waals surface area (Å²) in [4.78, 5) is 23.9. The zero-order valence-corrected chi connectivity index (χ0v) is 19.1. The van der Waals surface area contributed by atoms with Crippen LogP contribution in [0.25, 0.3) is 21.7 Å². The number of rotatable bonds is 6. The molecule has 0 atom stereocenters. The largest absolute Gasteiger partial charge is 0.489 e. The van der Waals surface area contributed by atoms with E-state index in [1.807, 2.05) is 73.7 Å². The van der Waals surface area contributed by atoms with Crippen LogP contribution in [0.4, 0.5) is 10.5 Å². The van der Waals surface area contributed by atoms with Crippen molar-refractivity contribution in [1.82, 2.24) is 0 Å². The molecule has 1 heterocycles. The Morgan fingerprint density at radius 3 is 2.51 bits per heavy atom. The van der Waals surface area contributed by atoms with Gasteiger partial charge in [0, 0.05) is 23.2 Å². The Morgan fingerprint density at radius 2 is 1.66 bits per heavy atom. The molecule has 1 aromatic heterocycles. The van der Waals surface area contributed by atoms with E-state index in [0.29, 0.717) is 23.6 Å². The number of ether oxygens (including phenoxy) is 2. The standard InChI is InChI=1S/C29H23NO5/c1-19-15-28(31)35-27-16-24(13-14-25(19)27)33-17-20-9-11-23(12-10-20)30-29(32)34-18-22-7-4-6-21-5-2-3-8-26(21)22/h2-16H,17-18H2,1H3,(H,30,32). The summed E-state index contributed by atoms with van der Waals surface area (Å²) in [5, 5.41) is 5.79. The van der Waals surface area contributed by atoms with Crippen LogP contribution in [0, 0.1) is 6.92 Å². The normalized spacial score (nSPS) is 10.9. The number of carbonyl (C=O) groups is 1. The van der Waals surface area contributed by atoms with Gasteiger partial charge in [0.2, 0.25) is 0 Å². The summed E-state index contributed by atoms with van der Waals surface area (Å²) in [6.45, 7) is 2.38. The van der Waals surface area contributed by atoms with Gasteiger partial charge in [0.1, 0.15) is 24.5 Å². The first-order valence-corrected chi connectivity index (χ1v) is 11.2. The van der Waals surface area contributed by atoms with Gasteiger partial charge in [-0.2, -0.15) is 0 Å². The molecular weight excluding hydrogens is 442 g/mol. The van der Waals surface area contributed by atoms with E-state index in [9.17, 15) is 9.59 Å². The summed E-state index contributed by atoms with van der Waals surface area (Å²) in [6.07, 6.45) is -0.519. The first-order chi connectivity index (χ1) is 17.0. The Hall–Kier alpha value is -4.58. The highest BCUT2D eigenvalue weighted by Gasteiger charge is 2.08. The summed E-state index contributed by atoms with van der Waals surface area (Å²) in [6, 6.07) is 28.2. The van der Waals surface area contributed by atoms with Crippen molar-refractivity contribution in [3.05, 3.63) is 118 Å². The fourth-order valence-corrected chi connectivity index (χ4v) is 3.96. The molecule has 0 unspecified atom stereocenters. The Bertz CT molecular complexity index is 1570. The number of hydrogen-bond acceptors (Lipinski definition) is 5. The third kappa shape index (κ3) is 5.17. The smallest absolute Gasteiger partial charge is 0.411 e. The van der Waals surface area contributed by atoms with Crippen LogP contribution < -0.4 is 15.7 Å². The molecule has 0 saturated heterocycles. The highest BCUT2D eigenvalue weighted by molar-refractivity contribution is 5.87. The lowest BCUT2D eigenvalue weighted by Crippen LogP contribution is -2.13. The molecule has 0 fully saturated rings. The number of fused-ring (bicyclic) bond motifs is 2. The molecule has 0 aliphatic heterocycles. The number of benzene rings is 4. The Labute approximate surface area is 201 Å². The lowest BCUT2D eigenvalue weighted by Gasteiger charge is -2.10. The van der Waals surface area contributed by atoms with Gasteiger partial charge in [-0.25, -0.2) is 9.59 Å². The van der Waals surface area contributed by atoms with E-state index in [4.69, 9.17) is 13.9 Å². The monoisotopic (exact) mass is 465 g/mol. The molecule has 5 rings (SSSR count). The van der Waals surface area contributed by atoms with Crippen molar-refractivity contribution >= 4 is 33.5 Å². The van der Waals surface area contributed by atoms with Crippen LogP contribution >= 0.6 is 0 Å². The molecule has 0 spiro atoms. The molecule has 1 N–H and O–H groups in total. The van der Waals surface area contributed by atoms with Crippen molar-refractivity contribution in [1.29, 1.82) is 0 Å². The molecule has 4 aromatic carbocycles. The molecule has 1 amide bonds. The van der Waals surface area contributed by atoms with Gasteiger partial charge >= 0.3 is 11.7 Å². The topological polar surface area (TPSA) is 77.8 Å². The van der Waals surface area contributed by atoms with Crippen molar-refractivity contribution in [2.45, 2.75) is 20.1 Å². The summed E-state index contributed by atoms with van der Waals surface area (Å²) in [7, 11) is 0. The van der Waals surface area contributed by atoms with Crippen LogP contribution in [-0.2, 0) is 18.0 Å². The van der Waals surface area contributed by atoms with E-state index in [0.717, 1.165) is 32.8 Å². The van der Waals surface area contributed by atoms with Gasteiger partial charge in [0.05, 0.1) is 0 Å². The molecule has 0 saturated carbocycles. The maximum atomic E-state index is 12.3. The summed E-state index contributed by atoms with van der Waals surface area (Å²) in [5.41, 5.74) is 3.47. The zero-order valence-electron chi connectivity index (χ0n) is 19.1. The van der Waals surface area contributed by atoms with E-state index in [2.05, 4.69) is 5.32 Å². The van der Waals surface area contributed by atoms with Crippen LogP contribution in [0.15, 0.2) is 100 Å². The fourth-order valence-electron chi connectivity index (χ4n) is 3.96. The Balaban J connectivity index is 1.16.